The highest BCUT2D eigenvalue weighted by atomic mass is 16.3. The summed E-state index contributed by atoms with van der Waals surface area (Å²) in [5, 5.41) is 9.88. The van der Waals surface area contributed by atoms with Gasteiger partial charge in [0, 0.05) is 26.2 Å². The molecule has 3 unspecified atom stereocenters. The van der Waals surface area contributed by atoms with E-state index in [9.17, 15) is 5.11 Å². The number of nitrogens with zero attached hydrogens (tertiary/aromatic N) is 1. The third kappa shape index (κ3) is 2.10. The van der Waals surface area contributed by atoms with Crippen molar-refractivity contribution in [1.82, 2.24) is 4.90 Å². The van der Waals surface area contributed by atoms with Gasteiger partial charge in [0.05, 0.1) is 5.60 Å². The molecule has 3 atom stereocenters. The van der Waals surface area contributed by atoms with Crippen LogP contribution < -0.4 is 5.73 Å². The number of likely N-dealkylation sites (tertiary alicyclic amines) is 1. The van der Waals surface area contributed by atoms with E-state index in [0.717, 1.165) is 18.4 Å². The molecular formula is C11H22N2O. The van der Waals surface area contributed by atoms with E-state index in [1.165, 1.54) is 32.4 Å². The largest absolute Gasteiger partial charge is 0.388 e. The Balaban J connectivity index is 1.84. The Hall–Kier alpha value is -0.120. The maximum absolute atomic E-state index is 9.88. The predicted molar refractivity (Wildman–Crippen MR) is 56.9 cm³/mol. The molecule has 0 aromatic heterocycles. The molecular weight excluding hydrogens is 176 g/mol. The standard InChI is InChI=1S/C11H22N2O/c1-11(14,7-12)8-13-5-9-3-2-4-10(9)6-13/h9-10,14H,2-8,12H2,1H3. The Morgan fingerprint density at radius 1 is 1.36 bits per heavy atom. The van der Waals surface area contributed by atoms with Gasteiger partial charge in [-0.3, -0.25) is 4.90 Å². The van der Waals surface area contributed by atoms with Crippen LogP contribution in [0, 0.1) is 11.8 Å². The van der Waals surface area contributed by atoms with Crippen LogP contribution in [0.2, 0.25) is 0 Å². The van der Waals surface area contributed by atoms with Crippen molar-refractivity contribution in [2.45, 2.75) is 31.8 Å². The van der Waals surface area contributed by atoms with Crippen LogP contribution in [0.25, 0.3) is 0 Å². The smallest absolute Gasteiger partial charge is 0.0867 e. The van der Waals surface area contributed by atoms with Gasteiger partial charge >= 0.3 is 0 Å². The highest BCUT2D eigenvalue weighted by molar-refractivity contribution is 4.91. The van der Waals surface area contributed by atoms with E-state index in [-0.39, 0.29) is 0 Å². The van der Waals surface area contributed by atoms with Crippen molar-refractivity contribution >= 4 is 0 Å². The number of nitrogens with two attached hydrogens (primary N) is 1. The van der Waals surface area contributed by atoms with E-state index >= 15 is 0 Å². The van der Waals surface area contributed by atoms with E-state index in [1.807, 2.05) is 6.92 Å². The summed E-state index contributed by atoms with van der Waals surface area (Å²) in [5.41, 5.74) is 4.83. The van der Waals surface area contributed by atoms with Gasteiger partial charge in [0.2, 0.25) is 0 Å². The highest BCUT2D eigenvalue weighted by Gasteiger charge is 2.37. The van der Waals surface area contributed by atoms with E-state index in [2.05, 4.69) is 4.90 Å². The van der Waals surface area contributed by atoms with Gasteiger partial charge in [0.1, 0.15) is 0 Å². The second-order valence-electron chi connectivity index (χ2n) is 5.35. The molecule has 0 amide bonds. The van der Waals surface area contributed by atoms with Crippen LogP contribution in [0.3, 0.4) is 0 Å². The Morgan fingerprint density at radius 2 is 1.93 bits per heavy atom. The lowest BCUT2D eigenvalue weighted by Gasteiger charge is -2.28. The van der Waals surface area contributed by atoms with Crippen LogP contribution >= 0.6 is 0 Å². The minimum Gasteiger partial charge on any atom is -0.388 e. The van der Waals surface area contributed by atoms with Crippen molar-refractivity contribution in [2.75, 3.05) is 26.2 Å². The first-order valence-electron chi connectivity index (χ1n) is 5.75. The zero-order chi connectivity index (χ0) is 10.2. The molecule has 1 heterocycles. The molecule has 3 nitrogen and oxygen atoms in total. The van der Waals surface area contributed by atoms with Crippen LogP contribution in [-0.4, -0.2) is 41.8 Å². The normalized spacial score (nSPS) is 37.1. The summed E-state index contributed by atoms with van der Waals surface area (Å²) in [6.07, 6.45) is 4.20. The lowest BCUT2D eigenvalue weighted by molar-refractivity contribution is 0.0323. The zero-order valence-corrected chi connectivity index (χ0v) is 9.08. The second-order valence-corrected chi connectivity index (χ2v) is 5.35. The summed E-state index contributed by atoms with van der Waals surface area (Å²) >= 11 is 0. The van der Waals surface area contributed by atoms with E-state index in [0.29, 0.717) is 6.54 Å². The van der Waals surface area contributed by atoms with Gasteiger partial charge in [0.25, 0.3) is 0 Å². The minimum absolute atomic E-state index is 0.360. The van der Waals surface area contributed by atoms with Crippen molar-refractivity contribution in [1.29, 1.82) is 0 Å². The first-order chi connectivity index (χ1) is 6.61. The second kappa shape index (κ2) is 3.80. The molecule has 3 heteroatoms. The number of hydrogen-bond donors (Lipinski definition) is 2. The first-order valence-corrected chi connectivity index (χ1v) is 5.75. The SMILES string of the molecule is CC(O)(CN)CN1CC2CCCC2C1. The molecule has 82 valence electrons. The van der Waals surface area contributed by atoms with Crippen LogP contribution in [0.5, 0.6) is 0 Å². The maximum Gasteiger partial charge on any atom is 0.0867 e. The summed E-state index contributed by atoms with van der Waals surface area (Å²) in [4.78, 5) is 2.39. The monoisotopic (exact) mass is 198 g/mol. The summed E-state index contributed by atoms with van der Waals surface area (Å²) in [6.45, 7) is 5.30. The summed E-state index contributed by atoms with van der Waals surface area (Å²) in [6, 6.07) is 0. The van der Waals surface area contributed by atoms with E-state index in [4.69, 9.17) is 5.73 Å². The van der Waals surface area contributed by atoms with Crippen molar-refractivity contribution in [3.8, 4) is 0 Å². The Morgan fingerprint density at radius 3 is 2.43 bits per heavy atom. The average molecular weight is 198 g/mol. The summed E-state index contributed by atoms with van der Waals surface area (Å²) < 4.78 is 0. The number of rotatable bonds is 3. The number of hydrogen-bond acceptors (Lipinski definition) is 3. The predicted octanol–water partition coefficient (Wildman–Crippen LogP) is 0.428. The maximum atomic E-state index is 9.88. The van der Waals surface area contributed by atoms with Crippen molar-refractivity contribution in [3.63, 3.8) is 0 Å². The lowest BCUT2D eigenvalue weighted by Crippen LogP contribution is -2.45. The van der Waals surface area contributed by atoms with Crippen LogP contribution in [-0.2, 0) is 0 Å². The summed E-state index contributed by atoms with van der Waals surface area (Å²) in [7, 11) is 0. The molecule has 1 saturated carbocycles. The molecule has 14 heavy (non-hydrogen) atoms. The number of β-amino-alcohol motifs (C(OH)–C–C–N with tert-alkyl or cyclic N) is 1. The fourth-order valence-corrected chi connectivity index (χ4v) is 3.01. The molecule has 1 aliphatic heterocycles. The van der Waals surface area contributed by atoms with Crippen LogP contribution in [0.4, 0.5) is 0 Å². The van der Waals surface area contributed by atoms with Crippen molar-refractivity contribution in [3.05, 3.63) is 0 Å². The van der Waals surface area contributed by atoms with Gasteiger partial charge in [-0.2, -0.15) is 0 Å². The number of fused-ring (bicyclic) bond motifs is 1. The lowest BCUT2D eigenvalue weighted by atomic mass is 10.0. The van der Waals surface area contributed by atoms with Gasteiger partial charge in [-0.15, -0.1) is 0 Å². The first kappa shape index (κ1) is 10.4. The Kier molecular flexibility index (Phi) is 2.82. The van der Waals surface area contributed by atoms with E-state index < -0.39 is 5.60 Å². The van der Waals surface area contributed by atoms with E-state index in [1.54, 1.807) is 0 Å². The molecule has 2 rings (SSSR count). The van der Waals surface area contributed by atoms with Gasteiger partial charge in [0.15, 0.2) is 0 Å². The molecule has 0 aromatic rings. The van der Waals surface area contributed by atoms with Gasteiger partial charge < -0.3 is 10.8 Å². The quantitative estimate of drug-likeness (QED) is 0.691. The molecule has 0 bridgehead atoms. The Bertz CT molecular complexity index is 193. The molecule has 0 radical (unpaired) electrons. The molecule has 2 aliphatic rings. The number of aliphatic hydroxyl groups is 1. The Labute approximate surface area is 86.3 Å². The highest BCUT2D eigenvalue weighted by Crippen LogP contribution is 2.37. The van der Waals surface area contributed by atoms with Gasteiger partial charge in [-0.25, -0.2) is 0 Å². The summed E-state index contributed by atoms with van der Waals surface area (Å²) in [5.74, 6) is 1.81. The van der Waals surface area contributed by atoms with Gasteiger partial charge in [-0.05, 0) is 31.6 Å². The molecule has 0 spiro atoms. The van der Waals surface area contributed by atoms with Crippen molar-refractivity contribution < 1.29 is 5.11 Å². The molecule has 0 aromatic carbocycles. The van der Waals surface area contributed by atoms with Crippen LogP contribution in [0.15, 0.2) is 0 Å². The minimum atomic E-state index is -0.696. The third-order valence-corrected chi connectivity index (χ3v) is 3.81. The molecule has 1 aliphatic carbocycles. The molecule has 1 saturated heterocycles. The fraction of sp³-hybridized carbons (Fsp3) is 1.00. The third-order valence-electron chi connectivity index (χ3n) is 3.81. The average Bonchev–Trinajstić information content (AvgIpc) is 2.63. The molecule has 2 fully saturated rings. The molecule has 3 N–H and O–H groups in total. The van der Waals surface area contributed by atoms with Gasteiger partial charge in [-0.1, -0.05) is 6.42 Å². The topological polar surface area (TPSA) is 49.5 Å². The van der Waals surface area contributed by atoms with Crippen LogP contribution in [0.1, 0.15) is 26.2 Å². The van der Waals surface area contributed by atoms with Crippen molar-refractivity contribution in [2.24, 2.45) is 17.6 Å². The zero-order valence-electron chi connectivity index (χ0n) is 9.08. The fourth-order valence-electron chi connectivity index (χ4n) is 3.01.